The lowest BCUT2D eigenvalue weighted by Gasteiger charge is -2.14. The Labute approximate surface area is 111 Å². The van der Waals surface area contributed by atoms with Gasteiger partial charge in [0.1, 0.15) is 0 Å². The Morgan fingerprint density at radius 3 is 2.65 bits per heavy atom. The van der Waals surface area contributed by atoms with E-state index in [2.05, 4.69) is 21.2 Å². The first-order chi connectivity index (χ1) is 8.08. The summed E-state index contributed by atoms with van der Waals surface area (Å²) in [6, 6.07) is 7.93. The molecule has 0 aliphatic carbocycles. The van der Waals surface area contributed by atoms with E-state index >= 15 is 0 Å². The fourth-order valence-corrected chi connectivity index (χ4v) is 2.91. The average Bonchev–Trinajstić information content (AvgIpc) is 2.72. The maximum absolute atomic E-state index is 13.4. The molecule has 5 heteroatoms. The molecule has 0 bridgehead atoms. The first kappa shape index (κ1) is 12.5. The molecule has 17 heavy (non-hydrogen) atoms. The van der Waals surface area contributed by atoms with Crippen molar-refractivity contribution in [3.05, 3.63) is 50.6 Å². The highest BCUT2D eigenvalue weighted by Gasteiger charge is 2.12. The van der Waals surface area contributed by atoms with E-state index in [1.807, 2.05) is 19.1 Å². The maximum Gasteiger partial charge on any atom is 0.181 e. The zero-order valence-corrected chi connectivity index (χ0v) is 11.4. The minimum absolute atomic E-state index is 0.0670. The number of hydrogen-bond acceptors (Lipinski definition) is 2. The van der Waals surface area contributed by atoms with Crippen LogP contribution in [0, 0.1) is 11.6 Å². The highest BCUT2D eigenvalue weighted by atomic mass is 79.9. The monoisotopic (exact) mass is 317 g/mol. The van der Waals surface area contributed by atoms with Crippen LogP contribution >= 0.6 is 27.3 Å². The largest absolute Gasteiger partial charge is 0.375 e. The molecule has 0 saturated heterocycles. The van der Waals surface area contributed by atoms with Gasteiger partial charge in [-0.3, -0.25) is 0 Å². The van der Waals surface area contributed by atoms with Gasteiger partial charge in [-0.1, -0.05) is 6.07 Å². The quantitative estimate of drug-likeness (QED) is 0.843. The average molecular weight is 318 g/mol. The number of hydrogen-bond donors (Lipinski definition) is 1. The fourth-order valence-electron chi connectivity index (χ4n) is 1.48. The third-order valence-electron chi connectivity index (χ3n) is 2.34. The van der Waals surface area contributed by atoms with E-state index in [1.54, 1.807) is 11.3 Å². The van der Waals surface area contributed by atoms with Crippen LogP contribution in [0.3, 0.4) is 0 Å². The third kappa shape index (κ3) is 2.84. The van der Waals surface area contributed by atoms with Gasteiger partial charge < -0.3 is 5.32 Å². The Bertz CT molecular complexity index is 527. The molecule has 0 spiro atoms. The van der Waals surface area contributed by atoms with E-state index in [1.165, 1.54) is 12.1 Å². The van der Waals surface area contributed by atoms with Gasteiger partial charge in [0.05, 0.1) is 15.5 Å². The van der Waals surface area contributed by atoms with Gasteiger partial charge in [-0.25, -0.2) is 8.78 Å². The van der Waals surface area contributed by atoms with Gasteiger partial charge in [0.15, 0.2) is 11.6 Å². The predicted octanol–water partition coefficient (Wildman–Crippen LogP) is 4.96. The highest BCUT2D eigenvalue weighted by Crippen LogP contribution is 2.30. The van der Waals surface area contributed by atoms with Crippen LogP contribution in [0.25, 0.3) is 0 Å². The molecule has 2 aromatic rings. The van der Waals surface area contributed by atoms with Crippen LogP contribution in [-0.2, 0) is 0 Å². The van der Waals surface area contributed by atoms with Crippen LogP contribution in [-0.4, -0.2) is 0 Å². The van der Waals surface area contributed by atoms with Crippen LogP contribution in [0.2, 0.25) is 0 Å². The normalized spacial score (nSPS) is 12.5. The minimum atomic E-state index is -0.838. The van der Waals surface area contributed by atoms with Crippen LogP contribution in [0.5, 0.6) is 0 Å². The maximum atomic E-state index is 13.4. The third-order valence-corrected chi connectivity index (χ3v) is 4.15. The molecule has 1 atom stereocenters. The molecule has 1 N–H and O–H groups in total. The molecular weight excluding hydrogens is 308 g/mol. The van der Waals surface area contributed by atoms with Crippen molar-refractivity contribution in [3.8, 4) is 0 Å². The Balaban J connectivity index is 2.18. The summed E-state index contributed by atoms with van der Waals surface area (Å²) in [4.78, 5) is 1.06. The van der Waals surface area contributed by atoms with Crippen LogP contribution < -0.4 is 5.32 Å². The summed E-state index contributed by atoms with van der Waals surface area (Å²) in [5, 5.41) is 2.96. The molecule has 1 heterocycles. The molecule has 1 nitrogen and oxygen atoms in total. The summed E-state index contributed by atoms with van der Waals surface area (Å²) in [6.45, 7) is 1.91. The second-order valence-corrected chi connectivity index (χ2v) is 6.10. The van der Waals surface area contributed by atoms with Gasteiger partial charge in [-0.2, -0.15) is 0 Å². The second-order valence-electron chi connectivity index (χ2n) is 3.61. The molecule has 1 unspecified atom stereocenters. The zero-order valence-electron chi connectivity index (χ0n) is 9.01. The van der Waals surface area contributed by atoms with E-state index in [0.717, 1.165) is 14.7 Å². The van der Waals surface area contributed by atoms with Gasteiger partial charge in [-0.15, -0.1) is 11.3 Å². The summed E-state index contributed by atoms with van der Waals surface area (Å²) in [7, 11) is 0. The van der Waals surface area contributed by atoms with Crippen molar-refractivity contribution >= 4 is 33.0 Å². The van der Waals surface area contributed by atoms with Crippen molar-refractivity contribution in [2.24, 2.45) is 0 Å². The molecule has 0 aliphatic heterocycles. The lowest BCUT2D eigenvalue weighted by atomic mass is 10.2. The Morgan fingerprint density at radius 1 is 1.24 bits per heavy atom. The molecule has 1 aromatic heterocycles. The molecule has 0 radical (unpaired) electrons. The molecule has 0 amide bonds. The van der Waals surface area contributed by atoms with Gasteiger partial charge >= 0.3 is 0 Å². The van der Waals surface area contributed by atoms with E-state index in [0.29, 0.717) is 0 Å². The van der Waals surface area contributed by atoms with Crippen molar-refractivity contribution in [1.29, 1.82) is 0 Å². The summed E-state index contributed by atoms with van der Waals surface area (Å²) < 4.78 is 27.5. The Morgan fingerprint density at radius 2 is 2.00 bits per heavy atom. The smallest absolute Gasteiger partial charge is 0.181 e. The number of benzene rings is 1. The Kier molecular flexibility index (Phi) is 3.79. The zero-order chi connectivity index (χ0) is 12.4. The Hall–Kier alpha value is -0.940. The standard InChI is InChI=1S/C12H10BrF2NS/c1-7(10-5-6-11(13)17-10)16-9-4-2-3-8(14)12(9)15/h2-7,16H,1H3. The molecular formula is C12H10BrF2NS. The van der Waals surface area contributed by atoms with Crippen LogP contribution in [0.15, 0.2) is 34.1 Å². The lowest BCUT2D eigenvalue weighted by molar-refractivity contribution is 0.510. The van der Waals surface area contributed by atoms with Crippen molar-refractivity contribution in [2.75, 3.05) is 5.32 Å². The van der Waals surface area contributed by atoms with E-state index in [9.17, 15) is 8.78 Å². The highest BCUT2D eigenvalue weighted by molar-refractivity contribution is 9.11. The molecule has 1 aromatic carbocycles. The molecule has 90 valence electrons. The second kappa shape index (κ2) is 5.14. The topological polar surface area (TPSA) is 12.0 Å². The predicted molar refractivity (Wildman–Crippen MR) is 70.4 cm³/mol. The van der Waals surface area contributed by atoms with Gasteiger partial charge in [0, 0.05) is 4.88 Å². The number of rotatable bonds is 3. The summed E-state index contributed by atoms with van der Waals surface area (Å²) in [6.07, 6.45) is 0. The van der Waals surface area contributed by atoms with Gasteiger partial charge in [-0.05, 0) is 47.1 Å². The molecule has 0 aliphatic rings. The number of anilines is 1. The summed E-state index contributed by atoms with van der Waals surface area (Å²) in [5.41, 5.74) is 0.182. The fraction of sp³-hybridized carbons (Fsp3) is 0.167. The van der Waals surface area contributed by atoms with E-state index in [4.69, 9.17) is 0 Å². The van der Waals surface area contributed by atoms with Crippen molar-refractivity contribution in [3.63, 3.8) is 0 Å². The van der Waals surface area contributed by atoms with Crippen molar-refractivity contribution in [2.45, 2.75) is 13.0 Å². The van der Waals surface area contributed by atoms with Gasteiger partial charge in [0.25, 0.3) is 0 Å². The van der Waals surface area contributed by atoms with Crippen LogP contribution in [0.4, 0.5) is 14.5 Å². The van der Waals surface area contributed by atoms with E-state index in [-0.39, 0.29) is 11.7 Å². The van der Waals surface area contributed by atoms with Crippen LogP contribution in [0.1, 0.15) is 17.8 Å². The number of nitrogens with one attached hydrogen (secondary N) is 1. The van der Waals surface area contributed by atoms with Crippen molar-refractivity contribution < 1.29 is 8.78 Å². The lowest BCUT2D eigenvalue weighted by Crippen LogP contribution is -2.07. The molecule has 0 saturated carbocycles. The SMILES string of the molecule is CC(Nc1cccc(F)c1F)c1ccc(Br)s1. The number of thiophene rings is 1. The van der Waals surface area contributed by atoms with Gasteiger partial charge in [0.2, 0.25) is 0 Å². The molecule has 2 rings (SSSR count). The summed E-state index contributed by atoms with van der Waals surface area (Å²) >= 11 is 4.93. The van der Waals surface area contributed by atoms with Crippen molar-refractivity contribution in [1.82, 2.24) is 0 Å². The minimum Gasteiger partial charge on any atom is -0.375 e. The first-order valence-electron chi connectivity index (χ1n) is 5.03. The molecule has 0 fully saturated rings. The summed E-state index contributed by atoms with van der Waals surface area (Å²) in [5.74, 6) is -1.68. The first-order valence-corrected chi connectivity index (χ1v) is 6.64. The number of halogens is 3. The van der Waals surface area contributed by atoms with E-state index < -0.39 is 11.6 Å².